The molecule has 0 spiro atoms. The predicted octanol–water partition coefficient (Wildman–Crippen LogP) is 8.61. The van der Waals surface area contributed by atoms with Gasteiger partial charge >= 0.3 is 0 Å². The molecule has 284 valence electrons. The van der Waals surface area contributed by atoms with Crippen molar-refractivity contribution in [1.29, 1.82) is 0 Å². The van der Waals surface area contributed by atoms with Gasteiger partial charge in [0.25, 0.3) is 20.2 Å². The molecule has 56 heavy (non-hydrogen) atoms. The highest BCUT2D eigenvalue weighted by molar-refractivity contribution is 7.86. The SMILES string of the molecule is Nc1ccc(N=Nc2ccc(N=Nc3c(S(=O)(=O)O)cc4cc(S(=O)(=O)O)c(N=Nc5ccc(N=Nc6ccc(N)cc6N)cc5)c(O)c4c3N)cc2)c(N)c1. The Morgan fingerprint density at radius 1 is 0.446 bits per heavy atom. The molecule has 22 heteroatoms. The molecule has 6 rings (SSSR count). The molecule has 20 nitrogen and oxygen atoms in total. The zero-order valence-corrected chi connectivity index (χ0v) is 30.1. The lowest BCUT2D eigenvalue weighted by Crippen LogP contribution is -2.03. The Balaban J connectivity index is 1.34. The molecule has 0 heterocycles. The Labute approximate surface area is 317 Å². The monoisotopic (exact) mass is 795 g/mol. The molecular weight excluding hydrogens is 767 g/mol. The van der Waals surface area contributed by atoms with Crippen LogP contribution in [-0.4, -0.2) is 31.0 Å². The van der Waals surface area contributed by atoms with Crippen molar-refractivity contribution in [1.82, 2.24) is 0 Å². The van der Waals surface area contributed by atoms with Crippen LogP contribution in [0.5, 0.6) is 5.75 Å². The van der Waals surface area contributed by atoms with E-state index in [1.54, 1.807) is 24.3 Å². The van der Waals surface area contributed by atoms with Gasteiger partial charge in [-0.1, -0.05) is 0 Å². The lowest BCUT2D eigenvalue weighted by molar-refractivity contribution is 0.472. The second kappa shape index (κ2) is 15.2. The molecule has 0 aliphatic carbocycles. The van der Waals surface area contributed by atoms with Crippen molar-refractivity contribution in [3.8, 4) is 5.75 Å². The molecule has 0 aromatic heterocycles. The van der Waals surface area contributed by atoms with Crippen LogP contribution in [0.1, 0.15) is 0 Å². The molecule has 0 radical (unpaired) electrons. The van der Waals surface area contributed by atoms with Gasteiger partial charge in [0.15, 0.2) is 5.75 Å². The number of nitrogen functional groups attached to an aromatic ring is 5. The van der Waals surface area contributed by atoms with Crippen LogP contribution in [0, 0.1) is 0 Å². The summed E-state index contributed by atoms with van der Waals surface area (Å²) in [7, 11) is -10.2. The number of phenols is 1. The third kappa shape index (κ3) is 8.53. The average Bonchev–Trinajstić information content (AvgIpc) is 3.13. The minimum atomic E-state index is -5.12. The first-order valence-corrected chi connectivity index (χ1v) is 18.6. The number of rotatable bonds is 10. The van der Waals surface area contributed by atoms with Crippen LogP contribution >= 0.6 is 0 Å². The number of hydrogen-bond acceptors (Lipinski definition) is 18. The summed E-state index contributed by atoms with van der Waals surface area (Å²) in [6.07, 6.45) is 0. The van der Waals surface area contributed by atoms with Crippen LogP contribution in [0.3, 0.4) is 0 Å². The second-order valence-electron chi connectivity index (χ2n) is 11.7. The first-order valence-electron chi connectivity index (χ1n) is 15.7. The molecule has 6 aromatic rings. The van der Waals surface area contributed by atoms with E-state index in [9.17, 15) is 31.0 Å². The summed E-state index contributed by atoms with van der Waals surface area (Å²) in [5.74, 6) is -0.919. The van der Waals surface area contributed by atoms with Crippen LogP contribution in [0.25, 0.3) is 10.8 Å². The summed E-state index contributed by atoms with van der Waals surface area (Å²) in [4.78, 5) is -1.84. The number of aromatic hydroxyl groups is 1. The minimum Gasteiger partial charge on any atom is -0.505 e. The molecule has 0 unspecified atom stereocenters. The van der Waals surface area contributed by atoms with Crippen molar-refractivity contribution in [3.05, 3.63) is 97.1 Å². The summed E-state index contributed by atoms with van der Waals surface area (Å²) >= 11 is 0. The smallest absolute Gasteiger partial charge is 0.296 e. The molecule has 0 amide bonds. The topological polar surface area (TPSA) is 358 Å². The number of benzene rings is 6. The number of nitrogens with two attached hydrogens (primary N) is 5. The van der Waals surface area contributed by atoms with E-state index >= 15 is 0 Å². The molecule has 6 aromatic carbocycles. The Morgan fingerprint density at radius 2 is 0.804 bits per heavy atom. The summed E-state index contributed by atoms with van der Waals surface area (Å²) in [5.41, 5.74) is 31.1. The number of fused-ring (bicyclic) bond motifs is 1. The number of phenolic OH excluding ortho intramolecular Hbond substituents is 1. The lowest BCUT2D eigenvalue weighted by Gasteiger charge is -2.14. The van der Waals surface area contributed by atoms with Gasteiger partial charge < -0.3 is 33.8 Å². The fraction of sp³-hybridized carbons (Fsp3) is 0. The van der Waals surface area contributed by atoms with Crippen molar-refractivity contribution in [3.63, 3.8) is 0 Å². The Morgan fingerprint density at radius 3 is 1.18 bits per heavy atom. The number of anilines is 5. The molecule has 0 saturated carbocycles. The average molecular weight is 796 g/mol. The Kier molecular flexibility index (Phi) is 10.4. The third-order valence-corrected chi connectivity index (χ3v) is 9.48. The maximum atomic E-state index is 12.5. The van der Waals surface area contributed by atoms with Gasteiger partial charge in [-0.3, -0.25) is 9.11 Å². The fourth-order valence-electron chi connectivity index (χ4n) is 5.04. The molecule has 0 atom stereocenters. The molecule has 0 aliphatic rings. The standard InChI is InChI=1S/C34H29N13O7S2/c35-18-1-11-26(24(37)15-18)44-40-20-3-7-22(8-4-20)42-46-32-28(55(49,50)51)13-17-14-29(56(52,53)54)33(34(48)30(17)31(32)39)47-43-23-9-5-21(6-10-23)41-45-27-12-2-19(36)16-25(27)38/h1-16,48H,35-39H2,(H,49,50,51)(H,52,53,54). The Hall–Kier alpha value is -7.40. The molecule has 13 N–H and O–H groups in total. The molecule has 0 saturated heterocycles. The van der Waals surface area contributed by atoms with E-state index in [1.807, 2.05) is 0 Å². The maximum absolute atomic E-state index is 12.5. The minimum absolute atomic E-state index is 0.155. The highest BCUT2D eigenvalue weighted by Crippen LogP contribution is 2.48. The van der Waals surface area contributed by atoms with Gasteiger partial charge in [0.1, 0.15) is 32.5 Å². The van der Waals surface area contributed by atoms with Crippen LogP contribution < -0.4 is 28.7 Å². The van der Waals surface area contributed by atoms with Crippen LogP contribution in [0.15, 0.2) is 148 Å². The third-order valence-electron chi connectivity index (χ3n) is 7.75. The van der Waals surface area contributed by atoms with E-state index in [0.717, 1.165) is 12.1 Å². The van der Waals surface area contributed by atoms with Crippen molar-refractivity contribution >= 4 is 105 Å². The summed E-state index contributed by atoms with van der Waals surface area (Å²) in [5, 5.41) is 42.8. The largest absolute Gasteiger partial charge is 0.505 e. The zero-order chi connectivity index (χ0) is 40.4. The van der Waals surface area contributed by atoms with Gasteiger partial charge in [0.2, 0.25) is 0 Å². The molecule has 0 aliphatic heterocycles. The van der Waals surface area contributed by atoms with Crippen molar-refractivity contribution < 1.29 is 31.0 Å². The summed E-state index contributed by atoms with van der Waals surface area (Å²) < 4.78 is 69.9. The Bertz CT molecular complexity index is 2670. The number of azo groups is 4. The van der Waals surface area contributed by atoms with Crippen molar-refractivity contribution in [2.75, 3.05) is 28.7 Å². The van der Waals surface area contributed by atoms with Gasteiger partial charge in [0, 0.05) is 11.4 Å². The first-order chi connectivity index (χ1) is 26.5. The van der Waals surface area contributed by atoms with Gasteiger partial charge in [-0.25, -0.2) is 0 Å². The highest BCUT2D eigenvalue weighted by Gasteiger charge is 2.28. The quantitative estimate of drug-likeness (QED) is 0.0367. The van der Waals surface area contributed by atoms with Crippen LogP contribution in [0.4, 0.5) is 73.9 Å². The molecular formula is C34H29N13O7S2. The van der Waals surface area contributed by atoms with Gasteiger partial charge in [-0.2, -0.15) is 37.3 Å². The van der Waals surface area contributed by atoms with Crippen molar-refractivity contribution in [2.45, 2.75) is 9.79 Å². The lowest BCUT2D eigenvalue weighted by atomic mass is 10.1. The van der Waals surface area contributed by atoms with Crippen molar-refractivity contribution in [2.24, 2.45) is 40.9 Å². The zero-order valence-electron chi connectivity index (χ0n) is 28.5. The van der Waals surface area contributed by atoms with E-state index in [-0.39, 0.29) is 22.1 Å². The molecule has 0 fully saturated rings. The maximum Gasteiger partial charge on any atom is 0.296 e. The first kappa shape index (κ1) is 38.3. The second-order valence-corrected chi connectivity index (χ2v) is 14.5. The molecule has 0 bridgehead atoms. The number of hydrogen-bond donors (Lipinski definition) is 8. The summed E-state index contributed by atoms with van der Waals surface area (Å²) in [6.45, 7) is 0. The van der Waals surface area contributed by atoms with E-state index < -0.39 is 52.8 Å². The summed E-state index contributed by atoms with van der Waals surface area (Å²) in [6, 6.07) is 23.0. The number of nitrogens with zero attached hydrogens (tertiary/aromatic N) is 8. The van der Waals surface area contributed by atoms with Gasteiger partial charge in [-0.15, -0.1) is 20.5 Å². The van der Waals surface area contributed by atoms with E-state index in [0.29, 0.717) is 45.5 Å². The van der Waals surface area contributed by atoms with Gasteiger partial charge in [0.05, 0.1) is 45.2 Å². The van der Waals surface area contributed by atoms with Crippen LogP contribution in [-0.2, 0) is 20.2 Å². The van der Waals surface area contributed by atoms with E-state index in [4.69, 9.17) is 28.7 Å². The highest BCUT2D eigenvalue weighted by atomic mass is 32.2. The van der Waals surface area contributed by atoms with E-state index in [1.165, 1.54) is 60.7 Å². The van der Waals surface area contributed by atoms with Gasteiger partial charge in [-0.05, 0) is 102 Å². The predicted molar refractivity (Wildman–Crippen MR) is 210 cm³/mol. The fourth-order valence-corrected chi connectivity index (χ4v) is 6.37. The van der Waals surface area contributed by atoms with E-state index in [2.05, 4.69) is 40.9 Å². The van der Waals surface area contributed by atoms with Crippen LogP contribution in [0.2, 0.25) is 0 Å². The normalized spacial score (nSPS) is 12.5.